The lowest BCUT2D eigenvalue weighted by Crippen LogP contribution is -2.28. The van der Waals surface area contributed by atoms with Crippen LogP contribution in [0.1, 0.15) is 50.0 Å². The van der Waals surface area contributed by atoms with Crippen LogP contribution >= 0.6 is 11.3 Å². The number of nitrogens with one attached hydrogen (secondary N) is 1. The van der Waals surface area contributed by atoms with Crippen molar-refractivity contribution >= 4 is 29.3 Å². The molecule has 1 fully saturated rings. The van der Waals surface area contributed by atoms with Gasteiger partial charge in [0.05, 0.1) is 6.54 Å². The van der Waals surface area contributed by atoms with Crippen LogP contribution in [-0.4, -0.2) is 28.4 Å². The Labute approximate surface area is 160 Å². The number of hydrogen-bond donors (Lipinski definition) is 1. The van der Waals surface area contributed by atoms with Gasteiger partial charge in [-0.2, -0.15) is 0 Å². The summed E-state index contributed by atoms with van der Waals surface area (Å²) in [5.41, 5.74) is 1.06. The van der Waals surface area contributed by atoms with E-state index in [0.29, 0.717) is 5.84 Å². The smallest absolute Gasteiger partial charge is 0.128 e. The van der Waals surface area contributed by atoms with Gasteiger partial charge in [-0.25, -0.2) is 0 Å². The van der Waals surface area contributed by atoms with Gasteiger partial charge in [0.2, 0.25) is 0 Å². The number of rotatable bonds is 6. The van der Waals surface area contributed by atoms with Crippen molar-refractivity contribution in [2.24, 2.45) is 0 Å². The molecule has 26 heavy (non-hydrogen) atoms. The Balaban J connectivity index is 1.79. The monoisotopic (exact) mass is 367 g/mol. The van der Waals surface area contributed by atoms with Gasteiger partial charge < -0.3 is 9.47 Å². The zero-order valence-electron chi connectivity index (χ0n) is 15.9. The molecule has 0 unspecified atom stereocenters. The molecule has 0 radical (unpaired) electrons. The third-order valence-electron chi connectivity index (χ3n) is 4.87. The maximum atomic E-state index is 8.43. The van der Waals surface area contributed by atoms with Crippen molar-refractivity contribution in [3.8, 4) is 0 Å². The summed E-state index contributed by atoms with van der Waals surface area (Å²) in [4.78, 5) is 3.50. The van der Waals surface area contributed by atoms with Crippen molar-refractivity contribution in [1.82, 2.24) is 9.47 Å². The molecule has 3 heterocycles. The molecule has 0 aliphatic carbocycles. The van der Waals surface area contributed by atoms with Gasteiger partial charge in [-0.1, -0.05) is 31.6 Å². The molecule has 4 heteroatoms. The van der Waals surface area contributed by atoms with Crippen LogP contribution in [0, 0.1) is 5.41 Å². The lowest BCUT2D eigenvalue weighted by molar-refractivity contribution is 0.517. The van der Waals surface area contributed by atoms with Gasteiger partial charge in [0, 0.05) is 40.5 Å². The number of likely N-dealkylation sites (tertiary alicyclic amines) is 1. The topological polar surface area (TPSA) is 32.0 Å². The number of thiophene rings is 1. The van der Waals surface area contributed by atoms with E-state index in [0.717, 1.165) is 31.6 Å². The van der Waals surface area contributed by atoms with Crippen molar-refractivity contribution in [3.05, 3.63) is 56.9 Å². The summed E-state index contributed by atoms with van der Waals surface area (Å²) in [5.74, 6) is 0.689. The Morgan fingerprint density at radius 1 is 1.31 bits per heavy atom. The van der Waals surface area contributed by atoms with E-state index in [1.165, 1.54) is 34.7 Å². The lowest BCUT2D eigenvalue weighted by Gasteiger charge is -2.17. The van der Waals surface area contributed by atoms with Crippen LogP contribution in [0.5, 0.6) is 0 Å². The highest BCUT2D eigenvalue weighted by Gasteiger charge is 2.17. The molecule has 3 rings (SSSR count). The summed E-state index contributed by atoms with van der Waals surface area (Å²) in [7, 11) is 0. The number of unbranched alkanes of at least 4 members (excludes halogenated alkanes) is 1. The minimum atomic E-state index is 0.689. The van der Waals surface area contributed by atoms with Gasteiger partial charge in [-0.05, 0) is 49.6 Å². The minimum Gasteiger partial charge on any atom is -0.357 e. The van der Waals surface area contributed by atoms with Gasteiger partial charge >= 0.3 is 0 Å². The average molecular weight is 368 g/mol. The Bertz CT molecular complexity index is 879. The second-order valence-electron chi connectivity index (χ2n) is 6.80. The largest absolute Gasteiger partial charge is 0.357 e. The van der Waals surface area contributed by atoms with Crippen LogP contribution in [-0.2, 0) is 6.54 Å². The molecule has 1 N–H and O–H groups in total. The van der Waals surface area contributed by atoms with Crippen molar-refractivity contribution in [3.63, 3.8) is 0 Å². The molecule has 3 nitrogen and oxygen atoms in total. The maximum absolute atomic E-state index is 8.43. The average Bonchev–Trinajstić information content (AvgIpc) is 3.40. The molecule has 1 saturated heterocycles. The first-order chi connectivity index (χ1) is 12.7. The van der Waals surface area contributed by atoms with E-state index in [-0.39, 0.29) is 0 Å². The first kappa shape index (κ1) is 18.7. The number of allylic oxidation sites excluding steroid dienone is 2. The molecular formula is C22H29N3S. The third-order valence-corrected chi connectivity index (χ3v) is 5.79. The number of nitrogens with zero attached hydrogens (tertiary/aromatic N) is 2. The molecule has 0 amide bonds. The standard InChI is InChI=1S/C22H29N3S/c1-3-5-6-7-10-21-18(4-2)11-14-25(21)16-20-15-19(17-26-20)22(23)24-12-8-9-13-24/h4,6-7,10-11,14-15,17,23H,3,5,8-9,12-13,16H2,1-2H3/b7-6-,18-4-,21-10+,23-22?. The number of amidine groups is 1. The quantitative estimate of drug-likeness (QED) is 0.608. The molecule has 0 aromatic carbocycles. The van der Waals surface area contributed by atoms with Crippen LogP contribution in [0.15, 0.2) is 35.9 Å². The summed E-state index contributed by atoms with van der Waals surface area (Å²) in [6.07, 6.45) is 15.7. The van der Waals surface area contributed by atoms with Gasteiger partial charge in [-0.15, -0.1) is 11.3 Å². The highest BCUT2D eigenvalue weighted by molar-refractivity contribution is 7.10. The zero-order valence-corrected chi connectivity index (χ0v) is 16.7. The summed E-state index contributed by atoms with van der Waals surface area (Å²) in [6.45, 7) is 7.21. The van der Waals surface area contributed by atoms with Crippen molar-refractivity contribution in [1.29, 1.82) is 5.41 Å². The van der Waals surface area contributed by atoms with Gasteiger partial charge in [-0.3, -0.25) is 5.41 Å². The molecule has 0 spiro atoms. The SMILES string of the molecule is C/C=c1/ccn(Cc2cc(C(=N)N3CCCC3)cs2)/c1=C/C=C\CCC. The van der Waals surface area contributed by atoms with E-state index >= 15 is 0 Å². The first-order valence-corrected chi connectivity index (χ1v) is 10.5. The molecule has 1 aliphatic rings. The van der Waals surface area contributed by atoms with E-state index in [4.69, 9.17) is 5.41 Å². The molecule has 0 atom stereocenters. The zero-order chi connectivity index (χ0) is 18.4. The molecule has 0 saturated carbocycles. The fourth-order valence-corrected chi connectivity index (χ4v) is 4.24. The van der Waals surface area contributed by atoms with E-state index in [2.05, 4.69) is 71.3 Å². The molecule has 138 valence electrons. The third kappa shape index (κ3) is 4.36. The molecule has 2 aromatic rings. The van der Waals surface area contributed by atoms with Crippen LogP contribution in [0.2, 0.25) is 0 Å². The summed E-state index contributed by atoms with van der Waals surface area (Å²) >= 11 is 1.76. The Morgan fingerprint density at radius 3 is 2.85 bits per heavy atom. The first-order valence-electron chi connectivity index (χ1n) is 9.62. The van der Waals surface area contributed by atoms with Crippen LogP contribution in [0.3, 0.4) is 0 Å². The van der Waals surface area contributed by atoms with Gasteiger partial charge in [0.25, 0.3) is 0 Å². The fraction of sp³-hybridized carbons (Fsp3) is 0.409. The van der Waals surface area contributed by atoms with E-state index in [1.807, 2.05) is 0 Å². The summed E-state index contributed by atoms with van der Waals surface area (Å²) in [6, 6.07) is 4.37. The predicted molar refractivity (Wildman–Crippen MR) is 113 cm³/mol. The highest BCUT2D eigenvalue weighted by Crippen LogP contribution is 2.19. The summed E-state index contributed by atoms with van der Waals surface area (Å²) in [5, 5.41) is 13.1. The number of aromatic nitrogens is 1. The molecule has 2 aromatic heterocycles. The van der Waals surface area contributed by atoms with Crippen molar-refractivity contribution in [2.75, 3.05) is 13.1 Å². The predicted octanol–water partition coefficient (Wildman–Crippen LogP) is 3.96. The van der Waals surface area contributed by atoms with E-state index in [1.54, 1.807) is 11.3 Å². The van der Waals surface area contributed by atoms with Crippen LogP contribution < -0.4 is 10.6 Å². The number of hydrogen-bond acceptors (Lipinski definition) is 2. The lowest BCUT2D eigenvalue weighted by atomic mass is 10.2. The van der Waals surface area contributed by atoms with Crippen LogP contribution in [0.25, 0.3) is 12.2 Å². The van der Waals surface area contributed by atoms with Gasteiger partial charge in [0.15, 0.2) is 0 Å². The van der Waals surface area contributed by atoms with Crippen molar-refractivity contribution in [2.45, 2.75) is 46.1 Å². The van der Waals surface area contributed by atoms with Crippen LogP contribution in [0.4, 0.5) is 0 Å². The highest BCUT2D eigenvalue weighted by atomic mass is 32.1. The Morgan fingerprint density at radius 2 is 2.12 bits per heavy atom. The fourth-order valence-electron chi connectivity index (χ4n) is 3.38. The molecule has 0 bridgehead atoms. The Kier molecular flexibility index (Phi) is 6.51. The second-order valence-corrected chi connectivity index (χ2v) is 7.80. The molecular weight excluding hydrogens is 338 g/mol. The second kappa shape index (κ2) is 9.04. The van der Waals surface area contributed by atoms with E-state index < -0.39 is 0 Å². The van der Waals surface area contributed by atoms with Crippen molar-refractivity contribution < 1.29 is 0 Å². The normalized spacial score (nSPS) is 16.3. The summed E-state index contributed by atoms with van der Waals surface area (Å²) < 4.78 is 2.31. The van der Waals surface area contributed by atoms with Gasteiger partial charge in [0.1, 0.15) is 5.84 Å². The maximum Gasteiger partial charge on any atom is 0.128 e. The Hall–Kier alpha value is -2.07. The molecule has 1 aliphatic heterocycles. The minimum absolute atomic E-state index is 0.689. The van der Waals surface area contributed by atoms with E-state index in [9.17, 15) is 0 Å².